The molecular weight excluding hydrogens is 96.1 g/mol. The van der Waals surface area contributed by atoms with Crippen molar-refractivity contribution < 1.29 is 0 Å². The first-order chi connectivity index (χ1) is 3.93. The fourth-order valence-electron chi connectivity index (χ4n) is 0.901. The molecule has 1 rings (SSSR count). The third-order valence-electron chi connectivity index (χ3n) is 1.80. The second kappa shape index (κ2) is 5.14. The molecule has 0 spiro atoms. The number of hydrogen-bond acceptors (Lipinski definition) is 0. The molecule has 0 amide bonds. The van der Waals surface area contributed by atoms with E-state index in [-0.39, 0.29) is 0 Å². The van der Waals surface area contributed by atoms with Crippen molar-refractivity contribution in [2.24, 2.45) is 5.92 Å². The number of rotatable bonds is 1. The lowest BCUT2D eigenvalue weighted by Crippen LogP contribution is -2.08. The summed E-state index contributed by atoms with van der Waals surface area (Å²) in [6.07, 6.45) is 5.94. The lowest BCUT2D eigenvalue weighted by atomic mass is 9.84. The average molecular weight is 114 g/mol. The van der Waals surface area contributed by atoms with Crippen molar-refractivity contribution in [2.75, 3.05) is 0 Å². The molecule has 0 heteroatoms. The largest absolute Gasteiger partial charge is 0.0683 e. The summed E-state index contributed by atoms with van der Waals surface area (Å²) in [6.45, 7) is 6.28. The Morgan fingerprint density at radius 1 is 1.25 bits per heavy atom. The summed E-state index contributed by atoms with van der Waals surface area (Å²) in [5.41, 5.74) is 0. The van der Waals surface area contributed by atoms with Gasteiger partial charge in [0, 0.05) is 0 Å². The normalized spacial score (nSPS) is 18.4. The summed E-state index contributed by atoms with van der Waals surface area (Å²) < 4.78 is 0. The van der Waals surface area contributed by atoms with Gasteiger partial charge in [0.25, 0.3) is 0 Å². The van der Waals surface area contributed by atoms with E-state index in [1.54, 1.807) is 0 Å². The molecule has 0 aromatic carbocycles. The molecule has 1 aliphatic carbocycles. The van der Waals surface area contributed by atoms with Crippen LogP contribution in [0.25, 0.3) is 0 Å². The minimum atomic E-state index is 1.12. The lowest BCUT2D eigenvalue weighted by molar-refractivity contribution is 0.307. The molecule has 0 heterocycles. The second-order valence-electron chi connectivity index (χ2n) is 2.21. The van der Waals surface area contributed by atoms with E-state index in [1.807, 2.05) is 13.8 Å². The van der Waals surface area contributed by atoms with Crippen LogP contribution in [0.3, 0.4) is 0 Å². The molecule has 1 fully saturated rings. The van der Waals surface area contributed by atoms with Crippen LogP contribution in [0.4, 0.5) is 0 Å². The standard InChI is InChI=1S/C6H12.C2H6/c1-2-6-4-3-5-6;1-2/h6H,2-5H2,1H3;1-2H3. The molecule has 0 saturated heterocycles. The van der Waals surface area contributed by atoms with Crippen molar-refractivity contribution in [1.29, 1.82) is 0 Å². The third kappa shape index (κ3) is 2.34. The molecule has 50 valence electrons. The fraction of sp³-hybridized carbons (Fsp3) is 1.00. The maximum absolute atomic E-state index is 2.28. The molecule has 0 aliphatic heterocycles. The highest BCUT2D eigenvalue weighted by Crippen LogP contribution is 2.28. The molecule has 8 heavy (non-hydrogen) atoms. The van der Waals surface area contributed by atoms with Gasteiger partial charge in [0.1, 0.15) is 0 Å². The highest BCUT2D eigenvalue weighted by atomic mass is 14.2. The highest BCUT2D eigenvalue weighted by Gasteiger charge is 2.13. The highest BCUT2D eigenvalue weighted by molar-refractivity contribution is 4.66. The maximum Gasteiger partial charge on any atom is -0.0417 e. The van der Waals surface area contributed by atoms with Crippen LogP contribution in [0.5, 0.6) is 0 Å². The lowest BCUT2D eigenvalue weighted by Gasteiger charge is -2.22. The quantitative estimate of drug-likeness (QED) is 0.491. The van der Waals surface area contributed by atoms with Crippen molar-refractivity contribution >= 4 is 0 Å². The third-order valence-corrected chi connectivity index (χ3v) is 1.80. The first-order valence-corrected chi connectivity index (χ1v) is 3.93. The zero-order chi connectivity index (χ0) is 6.41. The minimum absolute atomic E-state index is 1.12. The zero-order valence-corrected chi connectivity index (χ0v) is 6.41. The molecule has 0 radical (unpaired) electrons. The van der Waals surface area contributed by atoms with Crippen LogP contribution in [-0.4, -0.2) is 0 Å². The second-order valence-corrected chi connectivity index (χ2v) is 2.21. The van der Waals surface area contributed by atoms with E-state index < -0.39 is 0 Å². The molecule has 0 atom stereocenters. The molecule has 0 nitrogen and oxygen atoms in total. The SMILES string of the molecule is CC.CCC1CCC1. The summed E-state index contributed by atoms with van der Waals surface area (Å²) in [7, 11) is 0. The Morgan fingerprint density at radius 3 is 1.75 bits per heavy atom. The predicted molar refractivity (Wildman–Crippen MR) is 39.0 cm³/mol. The topological polar surface area (TPSA) is 0 Å². The molecule has 0 aromatic heterocycles. The van der Waals surface area contributed by atoms with Crippen LogP contribution >= 0.6 is 0 Å². The Balaban J connectivity index is 0.000000222. The monoisotopic (exact) mass is 114 g/mol. The van der Waals surface area contributed by atoms with Crippen LogP contribution in [0, 0.1) is 5.92 Å². The first-order valence-electron chi connectivity index (χ1n) is 3.93. The van der Waals surface area contributed by atoms with Gasteiger partial charge >= 0.3 is 0 Å². The van der Waals surface area contributed by atoms with Crippen LogP contribution < -0.4 is 0 Å². The van der Waals surface area contributed by atoms with Gasteiger partial charge in [-0.15, -0.1) is 0 Å². The fourth-order valence-corrected chi connectivity index (χ4v) is 0.901. The molecule has 0 unspecified atom stereocenters. The molecule has 0 aromatic rings. The Bertz CT molecular complexity index is 32.5. The summed E-state index contributed by atoms with van der Waals surface area (Å²) in [6, 6.07) is 0. The molecule has 0 bridgehead atoms. The van der Waals surface area contributed by atoms with Gasteiger partial charge < -0.3 is 0 Å². The van der Waals surface area contributed by atoms with Gasteiger partial charge in [0.15, 0.2) is 0 Å². The number of hydrogen-bond donors (Lipinski definition) is 0. The van der Waals surface area contributed by atoms with Gasteiger partial charge in [-0.3, -0.25) is 0 Å². The van der Waals surface area contributed by atoms with E-state index in [9.17, 15) is 0 Å². The predicted octanol–water partition coefficient (Wildman–Crippen LogP) is 3.22. The Hall–Kier alpha value is 0. The summed E-state index contributed by atoms with van der Waals surface area (Å²) in [5, 5.41) is 0. The van der Waals surface area contributed by atoms with Crippen molar-refractivity contribution in [3.05, 3.63) is 0 Å². The first kappa shape index (κ1) is 8.00. The smallest absolute Gasteiger partial charge is 0.0417 e. The van der Waals surface area contributed by atoms with Gasteiger partial charge in [-0.1, -0.05) is 46.5 Å². The summed E-state index contributed by atoms with van der Waals surface area (Å²) in [5.74, 6) is 1.12. The zero-order valence-electron chi connectivity index (χ0n) is 6.41. The van der Waals surface area contributed by atoms with Gasteiger partial charge in [0.05, 0.1) is 0 Å². The molecular formula is C8H18. The van der Waals surface area contributed by atoms with Crippen LogP contribution in [-0.2, 0) is 0 Å². The van der Waals surface area contributed by atoms with Crippen molar-refractivity contribution in [3.63, 3.8) is 0 Å². The van der Waals surface area contributed by atoms with E-state index in [4.69, 9.17) is 0 Å². The minimum Gasteiger partial charge on any atom is -0.0683 e. The van der Waals surface area contributed by atoms with Gasteiger partial charge in [0.2, 0.25) is 0 Å². The van der Waals surface area contributed by atoms with Crippen molar-refractivity contribution in [1.82, 2.24) is 0 Å². The van der Waals surface area contributed by atoms with Crippen LogP contribution in [0.2, 0.25) is 0 Å². The Morgan fingerprint density at radius 2 is 1.75 bits per heavy atom. The van der Waals surface area contributed by atoms with Gasteiger partial charge in [-0.25, -0.2) is 0 Å². The van der Waals surface area contributed by atoms with Crippen LogP contribution in [0.1, 0.15) is 46.5 Å². The van der Waals surface area contributed by atoms with E-state index in [1.165, 1.54) is 25.7 Å². The van der Waals surface area contributed by atoms with Crippen molar-refractivity contribution in [2.45, 2.75) is 46.5 Å². The van der Waals surface area contributed by atoms with E-state index >= 15 is 0 Å². The molecule has 1 aliphatic rings. The Labute approximate surface area is 53.3 Å². The summed E-state index contributed by atoms with van der Waals surface area (Å²) in [4.78, 5) is 0. The van der Waals surface area contributed by atoms with Crippen molar-refractivity contribution in [3.8, 4) is 0 Å². The van der Waals surface area contributed by atoms with Crippen LogP contribution in [0.15, 0.2) is 0 Å². The van der Waals surface area contributed by atoms with Gasteiger partial charge in [-0.2, -0.15) is 0 Å². The molecule has 1 saturated carbocycles. The summed E-state index contributed by atoms with van der Waals surface area (Å²) >= 11 is 0. The average Bonchev–Trinajstić information content (AvgIpc) is 1.69. The maximum atomic E-state index is 2.28. The van der Waals surface area contributed by atoms with E-state index in [2.05, 4.69) is 6.92 Å². The van der Waals surface area contributed by atoms with E-state index in [0.717, 1.165) is 5.92 Å². The Kier molecular flexibility index (Phi) is 5.14. The van der Waals surface area contributed by atoms with E-state index in [0.29, 0.717) is 0 Å². The van der Waals surface area contributed by atoms with Gasteiger partial charge in [-0.05, 0) is 5.92 Å². The molecule has 0 N–H and O–H groups in total.